The summed E-state index contributed by atoms with van der Waals surface area (Å²) in [5.41, 5.74) is 4.23. The largest absolute Gasteiger partial charge is 0.478 e. The third-order valence-electron chi connectivity index (χ3n) is 6.08. The molecular formula is C28H21Cl2FN2O3. The number of aromatic nitrogens is 1. The molecule has 8 heteroatoms. The molecule has 0 fully saturated rings. The number of pyridine rings is 1. The van der Waals surface area contributed by atoms with E-state index in [4.69, 9.17) is 23.2 Å². The lowest BCUT2D eigenvalue weighted by Crippen LogP contribution is -2.09. The fourth-order valence-corrected chi connectivity index (χ4v) is 4.66. The molecule has 3 aromatic carbocycles. The van der Waals surface area contributed by atoms with E-state index in [1.807, 2.05) is 31.2 Å². The molecule has 0 aliphatic rings. The van der Waals surface area contributed by atoms with Crippen LogP contribution in [0.2, 0.25) is 10.0 Å². The summed E-state index contributed by atoms with van der Waals surface area (Å²) in [6.45, 7) is 1.83. The Bertz CT molecular complexity index is 1430. The molecule has 4 rings (SSSR count). The Morgan fingerprint density at radius 2 is 1.69 bits per heavy atom. The van der Waals surface area contributed by atoms with Crippen molar-refractivity contribution in [2.45, 2.75) is 25.3 Å². The predicted molar refractivity (Wildman–Crippen MR) is 139 cm³/mol. The second-order valence-corrected chi connectivity index (χ2v) is 9.27. The van der Waals surface area contributed by atoms with E-state index in [0.717, 1.165) is 22.4 Å². The highest BCUT2D eigenvalue weighted by Crippen LogP contribution is 2.38. The summed E-state index contributed by atoms with van der Waals surface area (Å²) in [5.74, 6) is -2.05. The minimum absolute atomic E-state index is 0.0223. The second kappa shape index (κ2) is 11.0. The van der Waals surface area contributed by atoms with Crippen LogP contribution in [0.4, 0.5) is 4.39 Å². The number of carboxylic acid groups (broad SMARTS) is 1. The van der Waals surface area contributed by atoms with Crippen molar-refractivity contribution in [1.29, 1.82) is 0 Å². The number of nitroso groups, excluding NO2 is 1. The zero-order valence-electron chi connectivity index (χ0n) is 19.2. The van der Waals surface area contributed by atoms with E-state index in [2.05, 4.69) is 10.2 Å². The third-order valence-corrected chi connectivity index (χ3v) is 6.62. The lowest BCUT2D eigenvalue weighted by molar-refractivity contribution is 0.0697. The first-order valence-electron chi connectivity index (χ1n) is 11.1. The van der Waals surface area contributed by atoms with Crippen LogP contribution in [0.15, 0.2) is 84.2 Å². The van der Waals surface area contributed by atoms with Crippen molar-refractivity contribution >= 4 is 29.2 Å². The maximum absolute atomic E-state index is 15.0. The minimum Gasteiger partial charge on any atom is -0.478 e. The molecule has 0 aliphatic heterocycles. The van der Waals surface area contributed by atoms with E-state index >= 15 is 4.39 Å². The molecular weight excluding hydrogens is 502 g/mol. The van der Waals surface area contributed by atoms with Gasteiger partial charge in [-0.25, -0.2) is 9.18 Å². The average molecular weight is 523 g/mol. The lowest BCUT2D eigenvalue weighted by Gasteiger charge is -2.22. The number of aryl methyl sites for hydroxylation is 1. The molecule has 2 atom stereocenters. The molecule has 0 saturated carbocycles. The summed E-state index contributed by atoms with van der Waals surface area (Å²) >= 11 is 12.1. The minimum atomic E-state index is -1.10. The number of hydrogen-bond acceptors (Lipinski definition) is 4. The number of benzene rings is 3. The van der Waals surface area contributed by atoms with Crippen LogP contribution in [0.5, 0.6) is 0 Å². The molecule has 0 bridgehead atoms. The van der Waals surface area contributed by atoms with Gasteiger partial charge in [0.25, 0.3) is 0 Å². The van der Waals surface area contributed by atoms with Gasteiger partial charge < -0.3 is 5.11 Å². The van der Waals surface area contributed by atoms with Crippen molar-refractivity contribution in [3.8, 4) is 11.1 Å². The van der Waals surface area contributed by atoms with Crippen LogP contribution in [-0.2, 0) is 0 Å². The number of hydrogen-bond donors (Lipinski definition) is 1. The van der Waals surface area contributed by atoms with Crippen molar-refractivity contribution in [3.63, 3.8) is 0 Å². The van der Waals surface area contributed by atoms with E-state index < -0.39 is 23.7 Å². The van der Waals surface area contributed by atoms with Gasteiger partial charge in [-0.1, -0.05) is 64.8 Å². The van der Waals surface area contributed by atoms with Crippen LogP contribution >= 0.6 is 23.2 Å². The van der Waals surface area contributed by atoms with Crippen molar-refractivity contribution in [2.24, 2.45) is 5.18 Å². The lowest BCUT2D eigenvalue weighted by atomic mass is 9.83. The summed E-state index contributed by atoms with van der Waals surface area (Å²) in [5, 5.41) is 13.0. The van der Waals surface area contributed by atoms with E-state index in [9.17, 15) is 14.8 Å². The van der Waals surface area contributed by atoms with Gasteiger partial charge in [-0.2, -0.15) is 4.91 Å². The Morgan fingerprint density at radius 1 is 0.972 bits per heavy atom. The van der Waals surface area contributed by atoms with Gasteiger partial charge in [0.15, 0.2) is 0 Å². The molecule has 0 saturated heterocycles. The molecule has 1 N–H and O–H groups in total. The fraction of sp³-hybridized carbons (Fsp3) is 0.143. The quantitative estimate of drug-likeness (QED) is 0.236. The first-order chi connectivity index (χ1) is 17.3. The Balaban J connectivity index is 1.72. The first kappa shape index (κ1) is 25.5. The van der Waals surface area contributed by atoms with Gasteiger partial charge >= 0.3 is 5.97 Å². The highest BCUT2D eigenvalue weighted by molar-refractivity contribution is 6.33. The highest BCUT2D eigenvalue weighted by Gasteiger charge is 2.25. The van der Waals surface area contributed by atoms with Gasteiger partial charge in [0.1, 0.15) is 11.9 Å². The number of halogens is 3. The Kier molecular flexibility index (Phi) is 7.77. The molecule has 0 amide bonds. The smallest absolute Gasteiger partial charge is 0.337 e. The van der Waals surface area contributed by atoms with Crippen LogP contribution in [0.1, 0.15) is 51.1 Å². The summed E-state index contributed by atoms with van der Waals surface area (Å²) in [7, 11) is 0. The van der Waals surface area contributed by atoms with Crippen molar-refractivity contribution < 1.29 is 14.3 Å². The van der Waals surface area contributed by atoms with Crippen LogP contribution in [0, 0.1) is 17.6 Å². The Hall–Kier alpha value is -3.61. The van der Waals surface area contributed by atoms with E-state index in [-0.39, 0.29) is 22.0 Å². The zero-order chi connectivity index (χ0) is 25.8. The third kappa shape index (κ3) is 5.61. The van der Waals surface area contributed by atoms with Gasteiger partial charge in [0, 0.05) is 22.8 Å². The molecule has 1 heterocycles. The normalized spacial score (nSPS) is 12.7. The van der Waals surface area contributed by atoms with Crippen molar-refractivity contribution in [2.75, 3.05) is 0 Å². The number of aromatic carboxylic acids is 1. The van der Waals surface area contributed by atoms with Crippen molar-refractivity contribution in [1.82, 2.24) is 4.98 Å². The van der Waals surface area contributed by atoms with E-state index in [0.29, 0.717) is 11.1 Å². The monoisotopic (exact) mass is 522 g/mol. The van der Waals surface area contributed by atoms with Gasteiger partial charge in [0.2, 0.25) is 0 Å². The molecule has 0 spiro atoms. The molecule has 0 aliphatic carbocycles. The van der Waals surface area contributed by atoms with E-state index in [1.54, 1.807) is 42.6 Å². The summed E-state index contributed by atoms with van der Waals surface area (Å²) < 4.78 is 15.0. The molecule has 36 heavy (non-hydrogen) atoms. The van der Waals surface area contributed by atoms with Gasteiger partial charge in [-0.3, -0.25) is 4.98 Å². The molecule has 1 unspecified atom stereocenters. The highest BCUT2D eigenvalue weighted by atomic mass is 35.5. The molecule has 1 aromatic heterocycles. The molecule has 0 radical (unpaired) electrons. The average Bonchev–Trinajstić information content (AvgIpc) is 2.85. The number of carboxylic acids is 1. The van der Waals surface area contributed by atoms with Crippen LogP contribution in [0.25, 0.3) is 11.1 Å². The maximum Gasteiger partial charge on any atom is 0.337 e. The maximum atomic E-state index is 15.0. The summed E-state index contributed by atoms with van der Waals surface area (Å²) in [6.07, 6.45) is 1.86. The Morgan fingerprint density at radius 3 is 2.31 bits per heavy atom. The number of rotatable bonds is 8. The molecule has 5 nitrogen and oxygen atoms in total. The second-order valence-electron chi connectivity index (χ2n) is 8.43. The van der Waals surface area contributed by atoms with Crippen LogP contribution in [0.3, 0.4) is 0 Å². The van der Waals surface area contributed by atoms with Crippen LogP contribution < -0.4 is 0 Å². The molecule has 4 aromatic rings. The summed E-state index contributed by atoms with van der Waals surface area (Å²) in [4.78, 5) is 27.3. The standard InChI is InChI=1S/C28H21Cl2FN2O3/c1-16-12-20(10-11-32-16)27(33-36)15-24(22-9-7-21(29)14-26(22)31)18-4-2-17(3-5-18)19-6-8-23(28(34)35)25(30)13-19/h2-14,24,27H,15H2,1H3,(H,34,35)/t24-,27?/m0/s1. The first-order valence-corrected chi connectivity index (χ1v) is 11.9. The summed E-state index contributed by atoms with van der Waals surface area (Å²) in [6, 6.07) is 19.5. The molecule has 182 valence electrons. The fourth-order valence-electron chi connectivity index (χ4n) is 4.24. The zero-order valence-corrected chi connectivity index (χ0v) is 20.7. The number of carbonyl (C=O) groups is 1. The Labute approximate surface area is 217 Å². The van der Waals surface area contributed by atoms with Gasteiger partial charge in [-0.05, 0) is 77.6 Å². The van der Waals surface area contributed by atoms with Crippen molar-refractivity contribution in [3.05, 3.63) is 128 Å². The topological polar surface area (TPSA) is 79.6 Å². The number of nitrogens with zero attached hydrogens (tertiary/aromatic N) is 2. The van der Waals surface area contributed by atoms with E-state index in [1.165, 1.54) is 12.1 Å². The SMILES string of the molecule is Cc1cc(C(C[C@@H](c2ccc(-c3ccc(C(=O)O)c(Cl)c3)cc2)c2ccc(Cl)cc2F)N=O)ccn1. The van der Waals surface area contributed by atoms with Crippen LogP contribution in [-0.4, -0.2) is 16.1 Å². The van der Waals surface area contributed by atoms with Gasteiger partial charge in [0.05, 0.1) is 10.6 Å². The van der Waals surface area contributed by atoms with Gasteiger partial charge in [-0.15, -0.1) is 0 Å². The predicted octanol–water partition coefficient (Wildman–Crippen LogP) is 8.23.